The lowest BCUT2D eigenvalue weighted by atomic mass is 10.0. The third-order valence-electron chi connectivity index (χ3n) is 5.73. The van der Waals surface area contributed by atoms with Gasteiger partial charge in [0.05, 0.1) is 11.6 Å². The molecule has 4 rings (SSSR count). The number of carbonyl (C=O) groups excluding carboxylic acids is 3. The molecule has 1 aliphatic heterocycles. The lowest BCUT2D eigenvalue weighted by Gasteiger charge is -2.21. The highest BCUT2D eigenvalue weighted by atomic mass is 19.1. The predicted octanol–water partition coefficient (Wildman–Crippen LogP) is 2.49. The van der Waals surface area contributed by atoms with Gasteiger partial charge in [0.1, 0.15) is 11.9 Å². The molecule has 2 aromatic rings. The molecule has 2 aliphatic rings. The summed E-state index contributed by atoms with van der Waals surface area (Å²) in [5.41, 5.74) is 1.87. The van der Waals surface area contributed by atoms with E-state index in [2.05, 4.69) is 10.6 Å². The van der Waals surface area contributed by atoms with E-state index < -0.39 is 17.8 Å². The molecule has 2 fully saturated rings. The van der Waals surface area contributed by atoms with Crippen LogP contribution in [0.5, 0.6) is 0 Å². The molecule has 2 aromatic carbocycles. The number of aryl methyl sites for hydroxylation is 1. The Morgan fingerprint density at radius 3 is 2.58 bits per heavy atom. The van der Waals surface area contributed by atoms with Gasteiger partial charge >= 0.3 is 0 Å². The maximum absolute atomic E-state index is 14.3. The molecular weight excluding hydrogens is 397 g/mol. The monoisotopic (exact) mass is 423 g/mol. The summed E-state index contributed by atoms with van der Waals surface area (Å²) in [6.45, 7) is 1.86. The summed E-state index contributed by atoms with van der Waals surface area (Å²) >= 11 is 0. The Hall–Kier alpha value is -3.22. The zero-order valence-corrected chi connectivity index (χ0v) is 17.4. The molecule has 1 saturated carbocycles. The van der Waals surface area contributed by atoms with Gasteiger partial charge in [0.15, 0.2) is 0 Å². The highest BCUT2D eigenvalue weighted by Gasteiger charge is 2.38. The molecule has 2 atom stereocenters. The number of anilines is 1. The number of hydrogen-bond donors (Lipinski definition) is 2. The van der Waals surface area contributed by atoms with Crippen molar-refractivity contribution in [3.05, 3.63) is 65.5 Å². The summed E-state index contributed by atoms with van der Waals surface area (Å²) in [5, 5.41) is 5.78. The van der Waals surface area contributed by atoms with Gasteiger partial charge < -0.3 is 15.5 Å². The highest BCUT2D eigenvalue weighted by Crippen LogP contribution is 2.28. The smallest absolute Gasteiger partial charge is 0.243 e. The summed E-state index contributed by atoms with van der Waals surface area (Å²) in [6.07, 6.45) is 2.25. The van der Waals surface area contributed by atoms with E-state index in [1.165, 1.54) is 11.0 Å². The fraction of sp³-hybridized carbons (Fsp3) is 0.375. The lowest BCUT2D eigenvalue weighted by molar-refractivity contribution is -0.131. The molecule has 2 unspecified atom stereocenters. The molecule has 0 spiro atoms. The molecule has 1 aliphatic carbocycles. The van der Waals surface area contributed by atoms with Crippen LogP contribution in [0.15, 0.2) is 48.5 Å². The highest BCUT2D eigenvalue weighted by molar-refractivity contribution is 6.01. The quantitative estimate of drug-likeness (QED) is 0.718. The topological polar surface area (TPSA) is 78.5 Å². The zero-order valence-electron chi connectivity index (χ0n) is 17.4. The SMILES string of the molecule is Cc1ccc(N2CC(C(=O)NC(Cc3ccccc3)C(=O)NC3CC3)CC2=O)c(F)c1. The maximum Gasteiger partial charge on any atom is 0.243 e. The van der Waals surface area contributed by atoms with Gasteiger partial charge in [-0.15, -0.1) is 0 Å². The van der Waals surface area contributed by atoms with Crippen LogP contribution in [-0.2, 0) is 20.8 Å². The molecule has 2 N–H and O–H groups in total. The molecule has 31 heavy (non-hydrogen) atoms. The molecule has 162 valence electrons. The molecule has 1 heterocycles. The number of nitrogens with zero attached hydrogens (tertiary/aromatic N) is 1. The van der Waals surface area contributed by atoms with E-state index in [-0.39, 0.29) is 42.4 Å². The van der Waals surface area contributed by atoms with Crippen LogP contribution in [0.25, 0.3) is 0 Å². The first kappa shape index (κ1) is 21.0. The lowest BCUT2D eigenvalue weighted by Crippen LogP contribution is -2.50. The Morgan fingerprint density at radius 2 is 1.90 bits per heavy atom. The largest absolute Gasteiger partial charge is 0.352 e. The fourth-order valence-corrected chi connectivity index (χ4v) is 3.82. The van der Waals surface area contributed by atoms with E-state index >= 15 is 0 Å². The number of benzene rings is 2. The number of rotatable bonds is 7. The second-order valence-electron chi connectivity index (χ2n) is 8.39. The minimum absolute atomic E-state index is 0.0124. The fourth-order valence-electron chi connectivity index (χ4n) is 3.82. The van der Waals surface area contributed by atoms with Gasteiger partial charge in [-0.25, -0.2) is 4.39 Å². The van der Waals surface area contributed by atoms with Crippen molar-refractivity contribution in [1.29, 1.82) is 0 Å². The third kappa shape index (κ3) is 5.10. The van der Waals surface area contributed by atoms with Crippen LogP contribution in [0, 0.1) is 18.7 Å². The van der Waals surface area contributed by atoms with Crippen molar-refractivity contribution in [3.8, 4) is 0 Å². The van der Waals surface area contributed by atoms with Crippen LogP contribution in [-0.4, -0.2) is 36.3 Å². The van der Waals surface area contributed by atoms with Gasteiger partial charge in [-0.2, -0.15) is 0 Å². The van der Waals surface area contributed by atoms with Crippen molar-refractivity contribution in [3.63, 3.8) is 0 Å². The van der Waals surface area contributed by atoms with Gasteiger partial charge in [-0.05, 0) is 43.0 Å². The molecule has 3 amide bonds. The third-order valence-corrected chi connectivity index (χ3v) is 5.73. The Bertz CT molecular complexity index is 991. The van der Waals surface area contributed by atoms with Crippen LogP contribution in [0.4, 0.5) is 10.1 Å². The van der Waals surface area contributed by atoms with Crippen molar-refractivity contribution < 1.29 is 18.8 Å². The molecular formula is C24H26FN3O3. The minimum Gasteiger partial charge on any atom is -0.352 e. The van der Waals surface area contributed by atoms with Crippen molar-refractivity contribution in [2.24, 2.45) is 5.92 Å². The number of nitrogens with one attached hydrogen (secondary N) is 2. The summed E-state index contributed by atoms with van der Waals surface area (Å²) < 4.78 is 14.3. The van der Waals surface area contributed by atoms with Crippen LogP contribution < -0.4 is 15.5 Å². The van der Waals surface area contributed by atoms with E-state index in [1.807, 2.05) is 30.3 Å². The second-order valence-corrected chi connectivity index (χ2v) is 8.39. The standard InChI is InChI=1S/C24H26FN3O3/c1-15-7-10-21(19(25)11-15)28-14-17(13-22(28)29)23(30)27-20(24(31)26-18-8-9-18)12-16-5-3-2-4-6-16/h2-7,10-11,17-18,20H,8-9,12-14H2,1H3,(H,26,31)(H,27,30). The van der Waals surface area contributed by atoms with Crippen molar-refractivity contribution in [1.82, 2.24) is 10.6 Å². The van der Waals surface area contributed by atoms with E-state index in [9.17, 15) is 18.8 Å². The maximum atomic E-state index is 14.3. The first-order chi connectivity index (χ1) is 14.9. The molecule has 7 heteroatoms. The second kappa shape index (κ2) is 8.88. The Kier molecular flexibility index (Phi) is 6.02. The predicted molar refractivity (Wildman–Crippen MR) is 115 cm³/mol. The first-order valence-electron chi connectivity index (χ1n) is 10.6. The summed E-state index contributed by atoms with van der Waals surface area (Å²) in [4.78, 5) is 39.5. The minimum atomic E-state index is -0.726. The molecule has 0 aromatic heterocycles. The van der Waals surface area contributed by atoms with Crippen LogP contribution in [0.3, 0.4) is 0 Å². The normalized spacial score (nSPS) is 19.2. The van der Waals surface area contributed by atoms with Crippen molar-refractivity contribution >= 4 is 23.4 Å². The zero-order chi connectivity index (χ0) is 22.0. The van der Waals surface area contributed by atoms with Crippen LogP contribution >= 0.6 is 0 Å². The average molecular weight is 423 g/mol. The summed E-state index contributed by atoms with van der Waals surface area (Å²) in [6, 6.07) is 13.6. The number of amides is 3. The van der Waals surface area contributed by atoms with Gasteiger partial charge in [0, 0.05) is 25.4 Å². The van der Waals surface area contributed by atoms with Crippen LogP contribution in [0.1, 0.15) is 30.4 Å². The molecule has 0 radical (unpaired) electrons. The molecule has 6 nitrogen and oxygen atoms in total. The van der Waals surface area contributed by atoms with Crippen molar-refractivity contribution in [2.75, 3.05) is 11.4 Å². The van der Waals surface area contributed by atoms with Crippen molar-refractivity contribution in [2.45, 2.75) is 44.7 Å². The van der Waals surface area contributed by atoms with E-state index in [0.29, 0.717) is 6.42 Å². The number of carbonyl (C=O) groups is 3. The van der Waals surface area contributed by atoms with Gasteiger partial charge in [-0.3, -0.25) is 14.4 Å². The van der Waals surface area contributed by atoms with E-state index in [0.717, 1.165) is 24.0 Å². The van der Waals surface area contributed by atoms with E-state index in [4.69, 9.17) is 0 Å². The molecule has 1 saturated heterocycles. The van der Waals surface area contributed by atoms with Gasteiger partial charge in [0.2, 0.25) is 17.7 Å². The summed E-state index contributed by atoms with van der Waals surface area (Å²) in [7, 11) is 0. The number of halogens is 1. The van der Waals surface area contributed by atoms with Gasteiger partial charge in [-0.1, -0.05) is 36.4 Å². The van der Waals surface area contributed by atoms with Gasteiger partial charge in [0.25, 0.3) is 0 Å². The number of hydrogen-bond acceptors (Lipinski definition) is 3. The molecule has 0 bridgehead atoms. The Labute approximate surface area is 180 Å². The first-order valence-corrected chi connectivity index (χ1v) is 10.6. The van der Waals surface area contributed by atoms with Crippen LogP contribution in [0.2, 0.25) is 0 Å². The summed E-state index contributed by atoms with van der Waals surface area (Å²) in [5.74, 6) is -2.01. The Balaban J connectivity index is 1.45. The van der Waals surface area contributed by atoms with E-state index in [1.54, 1.807) is 19.1 Å². The average Bonchev–Trinajstić information content (AvgIpc) is 3.47. The Morgan fingerprint density at radius 1 is 1.16 bits per heavy atom.